The Labute approximate surface area is 186 Å². The van der Waals surface area contributed by atoms with Gasteiger partial charge >= 0.3 is 0 Å². The van der Waals surface area contributed by atoms with E-state index >= 15 is 0 Å². The summed E-state index contributed by atoms with van der Waals surface area (Å²) in [6, 6.07) is 10.0. The predicted octanol–water partition coefficient (Wildman–Crippen LogP) is 6.72. The second-order valence-electron chi connectivity index (χ2n) is 6.47. The van der Waals surface area contributed by atoms with Crippen molar-refractivity contribution in [2.24, 2.45) is 4.99 Å². The Bertz CT molecular complexity index is 1170. The van der Waals surface area contributed by atoms with Crippen LogP contribution in [0.3, 0.4) is 0 Å². The number of rotatable bonds is 3. The number of carbonyl (C=O) groups is 1. The van der Waals surface area contributed by atoms with Crippen molar-refractivity contribution in [3.8, 4) is 0 Å². The van der Waals surface area contributed by atoms with E-state index in [1.165, 1.54) is 0 Å². The minimum Gasteiger partial charge on any atom is -0.322 e. The molecule has 0 fully saturated rings. The Morgan fingerprint density at radius 2 is 1.97 bits per heavy atom. The molecule has 1 atom stereocenters. The number of nitrogens with one attached hydrogen (secondary N) is 2. The molecule has 3 aromatic rings. The van der Waals surface area contributed by atoms with Crippen LogP contribution in [0.5, 0.6) is 0 Å². The van der Waals surface area contributed by atoms with Crippen molar-refractivity contribution >= 4 is 80.7 Å². The molecule has 0 spiro atoms. The number of imidazole rings is 1. The number of aromatic amines is 1. The maximum atomic E-state index is 12.6. The Morgan fingerprint density at radius 3 is 2.72 bits per heavy atom. The molecule has 5 nitrogen and oxygen atoms in total. The average Bonchev–Trinajstić information content (AvgIpc) is 3.09. The molecule has 1 unspecified atom stereocenters. The van der Waals surface area contributed by atoms with Crippen LogP contribution >= 0.6 is 46.4 Å². The van der Waals surface area contributed by atoms with E-state index in [9.17, 15) is 4.79 Å². The summed E-state index contributed by atoms with van der Waals surface area (Å²) in [4.78, 5) is 24.6. The monoisotopic (exact) mass is 466 g/mol. The van der Waals surface area contributed by atoms with Crippen LogP contribution in [0.4, 0.5) is 11.6 Å². The molecule has 1 aliphatic carbocycles. The van der Waals surface area contributed by atoms with E-state index in [1.807, 2.05) is 6.08 Å². The normalized spacial score (nSPS) is 18.1. The SMILES string of the molecule is O=C(Nc1ccc(Cl)c(Cl)c1)c1ccc2nc(N=C3C(Cl)=CCCC3Cl)[nH]c2c1. The highest BCUT2D eigenvalue weighted by molar-refractivity contribution is 6.50. The molecular formula is C20H14Cl4N4O. The largest absolute Gasteiger partial charge is 0.322 e. The van der Waals surface area contributed by atoms with Crippen molar-refractivity contribution in [3.63, 3.8) is 0 Å². The molecular weight excluding hydrogens is 454 g/mol. The minimum atomic E-state index is -0.285. The molecule has 148 valence electrons. The van der Waals surface area contributed by atoms with Crippen LogP contribution in [-0.4, -0.2) is 27.0 Å². The minimum absolute atomic E-state index is 0.256. The Hall–Kier alpha value is -2.05. The number of fused-ring (bicyclic) bond motifs is 1. The Balaban J connectivity index is 1.59. The smallest absolute Gasteiger partial charge is 0.255 e. The molecule has 0 saturated heterocycles. The highest BCUT2D eigenvalue weighted by atomic mass is 35.5. The van der Waals surface area contributed by atoms with Gasteiger partial charge in [0.15, 0.2) is 0 Å². The van der Waals surface area contributed by atoms with E-state index in [4.69, 9.17) is 46.4 Å². The third-order valence-corrected chi connectivity index (χ3v) is 5.93. The first-order chi connectivity index (χ1) is 13.9. The van der Waals surface area contributed by atoms with Gasteiger partial charge in [0.05, 0.1) is 37.2 Å². The van der Waals surface area contributed by atoms with Crippen LogP contribution in [0.2, 0.25) is 10.0 Å². The summed E-state index contributed by atoms with van der Waals surface area (Å²) in [6.07, 6.45) is 3.49. The Kier molecular flexibility index (Phi) is 5.83. The van der Waals surface area contributed by atoms with Crippen molar-refractivity contribution in [1.82, 2.24) is 9.97 Å². The lowest BCUT2D eigenvalue weighted by molar-refractivity contribution is 0.102. The third kappa shape index (κ3) is 4.43. The molecule has 0 aliphatic heterocycles. The maximum absolute atomic E-state index is 12.6. The highest BCUT2D eigenvalue weighted by Gasteiger charge is 2.21. The van der Waals surface area contributed by atoms with Gasteiger partial charge in [0, 0.05) is 11.3 Å². The summed E-state index contributed by atoms with van der Waals surface area (Å²) in [5, 5.41) is 3.86. The lowest BCUT2D eigenvalue weighted by Gasteiger charge is -2.15. The van der Waals surface area contributed by atoms with Gasteiger partial charge in [-0.25, -0.2) is 9.98 Å². The van der Waals surface area contributed by atoms with Crippen LogP contribution in [-0.2, 0) is 0 Å². The van der Waals surface area contributed by atoms with E-state index in [2.05, 4.69) is 20.3 Å². The summed E-state index contributed by atoms with van der Waals surface area (Å²) >= 11 is 24.4. The zero-order valence-corrected chi connectivity index (χ0v) is 17.9. The van der Waals surface area contributed by atoms with E-state index in [0.717, 1.165) is 12.8 Å². The zero-order valence-electron chi connectivity index (χ0n) is 14.8. The fourth-order valence-electron chi connectivity index (χ4n) is 2.95. The summed E-state index contributed by atoms with van der Waals surface area (Å²) < 4.78 is 0. The molecule has 1 aromatic heterocycles. The number of allylic oxidation sites excluding steroid dienone is 2. The molecule has 2 aromatic carbocycles. The van der Waals surface area contributed by atoms with Gasteiger partial charge in [-0.05, 0) is 49.2 Å². The molecule has 2 N–H and O–H groups in total. The van der Waals surface area contributed by atoms with Crippen molar-refractivity contribution < 1.29 is 4.79 Å². The summed E-state index contributed by atoms with van der Waals surface area (Å²) in [5.41, 5.74) is 2.95. The number of carbonyl (C=O) groups excluding carboxylic acids is 1. The number of alkyl halides is 1. The van der Waals surface area contributed by atoms with E-state index in [0.29, 0.717) is 49.0 Å². The highest BCUT2D eigenvalue weighted by Crippen LogP contribution is 2.27. The van der Waals surface area contributed by atoms with Crippen LogP contribution < -0.4 is 5.32 Å². The quantitative estimate of drug-likeness (QED) is 0.419. The van der Waals surface area contributed by atoms with Gasteiger partial charge in [-0.1, -0.05) is 40.9 Å². The molecule has 9 heteroatoms. The van der Waals surface area contributed by atoms with E-state index in [-0.39, 0.29) is 11.3 Å². The number of nitrogens with zero attached hydrogens (tertiary/aromatic N) is 2. The molecule has 4 rings (SSSR count). The number of H-pyrrole nitrogens is 1. The third-order valence-electron chi connectivity index (χ3n) is 4.42. The number of amides is 1. The number of hydrogen-bond donors (Lipinski definition) is 2. The molecule has 1 heterocycles. The number of halogens is 4. The van der Waals surface area contributed by atoms with E-state index < -0.39 is 0 Å². The first kappa shape index (κ1) is 20.2. The Morgan fingerprint density at radius 1 is 1.14 bits per heavy atom. The molecule has 0 saturated carbocycles. The van der Waals surface area contributed by atoms with Crippen LogP contribution in [0, 0.1) is 0 Å². The second kappa shape index (κ2) is 8.36. The van der Waals surface area contributed by atoms with Gasteiger partial charge in [-0.15, -0.1) is 11.6 Å². The predicted molar refractivity (Wildman–Crippen MR) is 120 cm³/mol. The van der Waals surface area contributed by atoms with Gasteiger partial charge < -0.3 is 10.3 Å². The van der Waals surface area contributed by atoms with Gasteiger partial charge in [0.25, 0.3) is 5.91 Å². The topological polar surface area (TPSA) is 70.1 Å². The van der Waals surface area contributed by atoms with E-state index in [1.54, 1.807) is 36.4 Å². The average molecular weight is 468 g/mol. The number of anilines is 1. The number of benzene rings is 2. The molecule has 0 bridgehead atoms. The molecule has 1 aliphatic rings. The van der Waals surface area contributed by atoms with Crippen molar-refractivity contribution in [2.75, 3.05) is 5.32 Å². The lowest BCUT2D eigenvalue weighted by Crippen LogP contribution is -2.18. The summed E-state index contributed by atoms with van der Waals surface area (Å²) in [7, 11) is 0. The first-order valence-corrected chi connectivity index (χ1v) is 10.3. The van der Waals surface area contributed by atoms with Crippen molar-refractivity contribution in [3.05, 3.63) is 63.1 Å². The van der Waals surface area contributed by atoms with Crippen molar-refractivity contribution in [1.29, 1.82) is 0 Å². The molecule has 29 heavy (non-hydrogen) atoms. The zero-order chi connectivity index (χ0) is 20.5. The van der Waals surface area contributed by atoms with Crippen LogP contribution in [0.15, 0.2) is 52.5 Å². The fourth-order valence-corrected chi connectivity index (χ4v) is 3.88. The fraction of sp³-hybridized carbons (Fsp3) is 0.150. The molecule has 0 radical (unpaired) electrons. The van der Waals surface area contributed by atoms with Crippen LogP contribution in [0.1, 0.15) is 23.2 Å². The number of hydrogen-bond acceptors (Lipinski definition) is 3. The van der Waals surface area contributed by atoms with Crippen LogP contribution in [0.25, 0.3) is 11.0 Å². The number of aromatic nitrogens is 2. The summed E-state index contributed by atoms with van der Waals surface area (Å²) in [5.74, 6) is 0.1000. The van der Waals surface area contributed by atoms with Gasteiger partial charge in [0.1, 0.15) is 0 Å². The van der Waals surface area contributed by atoms with Crippen molar-refractivity contribution in [2.45, 2.75) is 18.2 Å². The van der Waals surface area contributed by atoms with Gasteiger partial charge in [-0.2, -0.15) is 0 Å². The number of aliphatic imine (C=N–C) groups is 1. The van der Waals surface area contributed by atoms with Gasteiger partial charge in [0.2, 0.25) is 5.95 Å². The lowest BCUT2D eigenvalue weighted by atomic mass is 10.1. The molecule has 1 amide bonds. The second-order valence-corrected chi connectivity index (χ2v) is 8.22. The first-order valence-electron chi connectivity index (χ1n) is 8.75. The maximum Gasteiger partial charge on any atom is 0.255 e. The standard InChI is InChI=1S/C20H14Cl4N4O/c21-12-6-5-11(9-15(12)24)25-19(29)10-4-7-16-17(8-10)27-20(26-16)28-18-13(22)2-1-3-14(18)23/h2,4-9,14H,1,3H2,(H,25,29)(H,26,27). The van der Waals surface area contributed by atoms with Gasteiger partial charge in [-0.3, -0.25) is 4.79 Å². The summed E-state index contributed by atoms with van der Waals surface area (Å²) in [6.45, 7) is 0.